The van der Waals surface area contributed by atoms with E-state index in [0.717, 1.165) is 24.8 Å². The van der Waals surface area contributed by atoms with Gasteiger partial charge in [0.05, 0.1) is 12.5 Å². The van der Waals surface area contributed by atoms with E-state index >= 15 is 0 Å². The van der Waals surface area contributed by atoms with Crippen LogP contribution in [0.2, 0.25) is 0 Å². The molecule has 1 aliphatic rings. The smallest absolute Gasteiger partial charge is 0.226 e. The van der Waals surface area contributed by atoms with Crippen molar-refractivity contribution in [2.24, 2.45) is 5.73 Å². The van der Waals surface area contributed by atoms with Crippen LogP contribution in [0.15, 0.2) is 24.3 Å². The lowest BCUT2D eigenvalue weighted by molar-refractivity contribution is -0.133. The Kier molecular flexibility index (Phi) is 6.14. The van der Waals surface area contributed by atoms with Gasteiger partial charge in [-0.3, -0.25) is 4.79 Å². The Morgan fingerprint density at radius 3 is 2.81 bits per heavy atom. The van der Waals surface area contributed by atoms with Gasteiger partial charge in [0.2, 0.25) is 5.91 Å². The number of amides is 1. The summed E-state index contributed by atoms with van der Waals surface area (Å²) in [5.41, 5.74) is 6.15. The fraction of sp³-hybridized carbons (Fsp3) is 0.562. The highest BCUT2D eigenvalue weighted by molar-refractivity contribution is 5.78. The van der Waals surface area contributed by atoms with Gasteiger partial charge in [-0.15, -0.1) is 0 Å². The van der Waals surface area contributed by atoms with Crippen LogP contribution in [-0.2, 0) is 16.0 Å². The van der Waals surface area contributed by atoms with Crippen molar-refractivity contribution in [3.8, 4) is 0 Å². The molecule has 0 atom stereocenters. The third kappa shape index (κ3) is 5.10. The van der Waals surface area contributed by atoms with Gasteiger partial charge in [-0.05, 0) is 43.5 Å². The molecule has 2 N–H and O–H groups in total. The van der Waals surface area contributed by atoms with E-state index in [9.17, 15) is 9.18 Å². The second-order valence-electron chi connectivity index (χ2n) is 5.40. The molecule has 5 heteroatoms. The molecule has 4 nitrogen and oxygen atoms in total. The third-order valence-electron chi connectivity index (χ3n) is 3.74. The number of benzene rings is 1. The van der Waals surface area contributed by atoms with E-state index in [1.54, 1.807) is 12.1 Å². The van der Waals surface area contributed by atoms with Crippen LogP contribution in [-0.4, -0.2) is 43.2 Å². The number of hydrogen-bond acceptors (Lipinski definition) is 3. The van der Waals surface area contributed by atoms with Crippen molar-refractivity contribution < 1.29 is 13.9 Å². The fourth-order valence-corrected chi connectivity index (χ4v) is 2.54. The maximum absolute atomic E-state index is 13.1. The molecule has 0 unspecified atom stereocenters. The summed E-state index contributed by atoms with van der Waals surface area (Å²) in [7, 11) is 0. The molecule has 0 aromatic heterocycles. The molecule has 0 spiro atoms. The first kappa shape index (κ1) is 15.9. The van der Waals surface area contributed by atoms with E-state index in [0.29, 0.717) is 26.2 Å². The number of piperidine rings is 1. The molecular formula is C16H23FN2O2. The molecule has 116 valence electrons. The monoisotopic (exact) mass is 294 g/mol. The van der Waals surface area contributed by atoms with Crippen LogP contribution < -0.4 is 5.73 Å². The summed E-state index contributed by atoms with van der Waals surface area (Å²) in [4.78, 5) is 14.0. The van der Waals surface area contributed by atoms with Crippen molar-refractivity contribution in [2.45, 2.75) is 31.8 Å². The minimum Gasteiger partial charge on any atom is -0.378 e. The van der Waals surface area contributed by atoms with Crippen LogP contribution in [0.4, 0.5) is 4.39 Å². The Hall–Kier alpha value is -1.46. The van der Waals surface area contributed by atoms with Gasteiger partial charge in [-0.1, -0.05) is 12.1 Å². The number of hydrogen-bond donors (Lipinski definition) is 1. The Morgan fingerprint density at radius 2 is 2.14 bits per heavy atom. The maximum Gasteiger partial charge on any atom is 0.226 e. The van der Waals surface area contributed by atoms with Crippen LogP contribution in [0.1, 0.15) is 24.8 Å². The number of likely N-dealkylation sites (tertiary alicyclic amines) is 1. The average Bonchev–Trinajstić information content (AvgIpc) is 2.48. The number of halogens is 1. The largest absolute Gasteiger partial charge is 0.378 e. The predicted molar refractivity (Wildman–Crippen MR) is 79.3 cm³/mol. The van der Waals surface area contributed by atoms with Gasteiger partial charge in [0.15, 0.2) is 0 Å². The van der Waals surface area contributed by atoms with E-state index in [1.807, 2.05) is 4.90 Å². The van der Waals surface area contributed by atoms with Crippen LogP contribution >= 0.6 is 0 Å². The van der Waals surface area contributed by atoms with Gasteiger partial charge in [0, 0.05) is 19.7 Å². The lowest BCUT2D eigenvalue weighted by Crippen LogP contribution is -2.41. The van der Waals surface area contributed by atoms with Gasteiger partial charge in [0.25, 0.3) is 0 Å². The molecular weight excluding hydrogens is 271 g/mol. The quantitative estimate of drug-likeness (QED) is 0.813. The number of rotatable bonds is 6. The summed E-state index contributed by atoms with van der Waals surface area (Å²) in [6, 6.07) is 6.22. The average molecular weight is 294 g/mol. The van der Waals surface area contributed by atoms with Crippen LogP contribution in [0.25, 0.3) is 0 Å². The van der Waals surface area contributed by atoms with Crippen molar-refractivity contribution >= 4 is 5.91 Å². The Bertz CT molecular complexity index is 459. The van der Waals surface area contributed by atoms with E-state index < -0.39 is 0 Å². The summed E-state index contributed by atoms with van der Waals surface area (Å²) < 4.78 is 18.8. The topological polar surface area (TPSA) is 55.6 Å². The zero-order chi connectivity index (χ0) is 15.1. The first-order valence-electron chi connectivity index (χ1n) is 7.53. The Labute approximate surface area is 125 Å². The molecule has 1 heterocycles. The molecule has 0 radical (unpaired) electrons. The van der Waals surface area contributed by atoms with Crippen LogP contribution in [0, 0.1) is 5.82 Å². The summed E-state index contributed by atoms with van der Waals surface area (Å²) >= 11 is 0. The summed E-state index contributed by atoms with van der Waals surface area (Å²) in [5.74, 6) is -0.242. The van der Waals surface area contributed by atoms with Crippen molar-refractivity contribution in [3.63, 3.8) is 0 Å². The number of nitrogens with zero attached hydrogens (tertiary/aromatic N) is 1. The number of carbonyl (C=O) groups is 1. The first-order valence-corrected chi connectivity index (χ1v) is 7.53. The van der Waals surface area contributed by atoms with Crippen molar-refractivity contribution in [1.29, 1.82) is 0 Å². The summed E-state index contributed by atoms with van der Waals surface area (Å²) in [5, 5.41) is 0. The molecule has 0 aliphatic carbocycles. The SMILES string of the molecule is NCCCOC1CCN(C(=O)Cc2cccc(F)c2)CC1. The summed E-state index contributed by atoms with van der Waals surface area (Å²) in [6.07, 6.45) is 3.09. The lowest BCUT2D eigenvalue weighted by Gasteiger charge is -2.32. The molecule has 2 rings (SSSR count). The van der Waals surface area contributed by atoms with Gasteiger partial charge in [-0.25, -0.2) is 4.39 Å². The standard InChI is InChI=1S/C16H23FN2O2/c17-14-4-1-3-13(11-14)12-16(20)19-8-5-15(6-9-19)21-10-2-7-18/h1,3-4,11,15H,2,5-10,12,18H2. The van der Waals surface area contributed by atoms with Crippen LogP contribution in [0.3, 0.4) is 0 Å². The van der Waals surface area contributed by atoms with E-state index in [1.165, 1.54) is 12.1 Å². The lowest BCUT2D eigenvalue weighted by atomic mass is 10.1. The Balaban J connectivity index is 1.75. The second kappa shape index (κ2) is 8.10. The number of carbonyl (C=O) groups excluding carboxylic acids is 1. The Morgan fingerprint density at radius 1 is 1.38 bits per heavy atom. The zero-order valence-corrected chi connectivity index (χ0v) is 12.3. The van der Waals surface area contributed by atoms with Gasteiger partial charge in [0.1, 0.15) is 5.82 Å². The summed E-state index contributed by atoms with van der Waals surface area (Å²) in [6.45, 7) is 2.76. The van der Waals surface area contributed by atoms with Gasteiger partial charge >= 0.3 is 0 Å². The highest BCUT2D eigenvalue weighted by Crippen LogP contribution is 2.15. The van der Waals surface area contributed by atoms with Crippen LogP contribution in [0.5, 0.6) is 0 Å². The maximum atomic E-state index is 13.1. The predicted octanol–water partition coefficient (Wildman–Crippen LogP) is 1.72. The highest BCUT2D eigenvalue weighted by atomic mass is 19.1. The molecule has 0 bridgehead atoms. The minimum absolute atomic E-state index is 0.0565. The third-order valence-corrected chi connectivity index (χ3v) is 3.74. The van der Waals surface area contributed by atoms with E-state index in [2.05, 4.69) is 0 Å². The number of ether oxygens (including phenoxy) is 1. The normalized spacial score (nSPS) is 16.2. The molecule has 1 fully saturated rings. The molecule has 1 amide bonds. The molecule has 1 saturated heterocycles. The molecule has 1 aromatic rings. The fourth-order valence-electron chi connectivity index (χ4n) is 2.54. The minimum atomic E-state index is -0.299. The second-order valence-corrected chi connectivity index (χ2v) is 5.40. The van der Waals surface area contributed by atoms with E-state index in [-0.39, 0.29) is 24.2 Å². The van der Waals surface area contributed by atoms with E-state index in [4.69, 9.17) is 10.5 Å². The van der Waals surface area contributed by atoms with Crippen molar-refractivity contribution in [1.82, 2.24) is 4.90 Å². The van der Waals surface area contributed by atoms with Gasteiger partial charge < -0.3 is 15.4 Å². The van der Waals surface area contributed by atoms with Crippen molar-refractivity contribution in [3.05, 3.63) is 35.6 Å². The zero-order valence-electron chi connectivity index (χ0n) is 12.3. The van der Waals surface area contributed by atoms with Gasteiger partial charge in [-0.2, -0.15) is 0 Å². The highest BCUT2D eigenvalue weighted by Gasteiger charge is 2.23. The first-order chi connectivity index (χ1) is 10.2. The van der Waals surface area contributed by atoms with Crippen molar-refractivity contribution in [2.75, 3.05) is 26.2 Å². The molecule has 1 aromatic carbocycles. The molecule has 0 saturated carbocycles. The number of nitrogens with two attached hydrogens (primary N) is 1. The molecule has 1 aliphatic heterocycles. The molecule has 21 heavy (non-hydrogen) atoms.